The van der Waals surface area contributed by atoms with Gasteiger partial charge in [-0.1, -0.05) is 0 Å². The van der Waals surface area contributed by atoms with Gasteiger partial charge in [0.2, 0.25) is 0 Å². The van der Waals surface area contributed by atoms with E-state index >= 15 is 0 Å². The minimum absolute atomic E-state index is 0.547. The third kappa shape index (κ3) is 2.19. The molecule has 0 aromatic carbocycles. The van der Waals surface area contributed by atoms with Gasteiger partial charge in [-0.05, 0) is 32.1 Å². The Kier molecular flexibility index (Phi) is 2.71. The lowest BCUT2D eigenvalue weighted by molar-refractivity contribution is -0.0206. The zero-order valence-electron chi connectivity index (χ0n) is 9.61. The molecule has 1 N–H and O–H groups in total. The van der Waals surface area contributed by atoms with E-state index in [4.69, 9.17) is 4.74 Å². The third-order valence-electron chi connectivity index (χ3n) is 4.19. The fourth-order valence-corrected chi connectivity index (χ4v) is 2.87. The first kappa shape index (κ1) is 10.1. The molecule has 2 saturated carbocycles. The molecule has 3 fully saturated rings. The van der Waals surface area contributed by atoms with E-state index in [2.05, 4.69) is 10.2 Å². The highest BCUT2D eigenvalue weighted by molar-refractivity contribution is 4.95. The van der Waals surface area contributed by atoms with Crippen molar-refractivity contribution in [1.29, 1.82) is 0 Å². The Balaban J connectivity index is 1.41. The van der Waals surface area contributed by atoms with Crippen LogP contribution >= 0.6 is 0 Å². The molecule has 1 saturated heterocycles. The number of methoxy groups -OCH3 is 1. The first-order chi connectivity index (χ1) is 7.35. The van der Waals surface area contributed by atoms with Gasteiger partial charge in [0.25, 0.3) is 0 Å². The van der Waals surface area contributed by atoms with E-state index < -0.39 is 0 Å². The first-order valence-corrected chi connectivity index (χ1v) is 6.38. The Morgan fingerprint density at radius 3 is 2.60 bits per heavy atom. The zero-order valence-corrected chi connectivity index (χ0v) is 9.61. The Bertz CT molecular complexity index is 224. The lowest BCUT2D eigenvalue weighted by Crippen LogP contribution is -2.47. The van der Waals surface area contributed by atoms with E-state index in [0.717, 1.165) is 18.1 Å². The van der Waals surface area contributed by atoms with Crippen molar-refractivity contribution in [3.05, 3.63) is 0 Å². The maximum absolute atomic E-state index is 5.34. The Morgan fingerprint density at radius 2 is 1.93 bits per heavy atom. The predicted octanol–water partition coefficient (Wildman–Crippen LogP) is 0.990. The highest BCUT2D eigenvalue weighted by Gasteiger charge is 2.38. The molecule has 0 spiro atoms. The molecule has 15 heavy (non-hydrogen) atoms. The normalized spacial score (nSPS) is 41.8. The van der Waals surface area contributed by atoms with Crippen LogP contribution in [0.4, 0.5) is 0 Å². The van der Waals surface area contributed by atoms with Crippen molar-refractivity contribution < 1.29 is 4.74 Å². The maximum Gasteiger partial charge on any atom is 0.0601 e. The van der Waals surface area contributed by atoms with Crippen LogP contribution in [0.15, 0.2) is 0 Å². The van der Waals surface area contributed by atoms with Crippen molar-refractivity contribution in [3.8, 4) is 0 Å². The second-order valence-corrected chi connectivity index (χ2v) is 5.40. The van der Waals surface area contributed by atoms with Crippen molar-refractivity contribution in [3.63, 3.8) is 0 Å². The summed E-state index contributed by atoms with van der Waals surface area (Å²) in [6, 6.07) is 2.46. The second-order valence-electron chi connectivity index (χ2n) is 5.40. The second kappa shape index (κ2) is 4.04. The van der Waals surface area contributed by atoms with E-state index in [1.54, 1.807) is 0 Å². The molecule has 0 radical (unpaired) electrons. The highest BCUT2D eigenvalue weighted by Crippen LogP contribution is 2.31. The molecule has 86 valence electrons. The highest BCUT2D eigenvalue weighted by atomic mass is 16.5. The van der Waals surface area contributed by atoms with E-state index in [-0.39, 0.29) is 0 Å². The third-order valence-corrected chi connectivity index (χ3v) is 4.19. The van der Waals surface area contributed by atoms with Gasteiger partial charge in [-0.25, -0.2) is 0 Å². The topological polar surface area (TPSA) is 24.5 Å². The van der Waals surface area contributed by atoms with Crippen LogP contribution < -0.4 is 5.32 Å². The summed E-state index contributed by atoms with van der Waals surface area (Å²) in [7, 11) is 1.84. The molecule has 1 heterocycles. The Hall–Kier alpha value is -0.120. The number of ether oxygens (including phenoxy) is 1. The van der Waals surface area contributed by atoms with Crippen LogP contribution in [0.1, 0.15) is 32.1 Å². The molecule has 3 heteroatoms. The summed E-state index contributed by atoms with van der Waals surface area (Å²) in [5, 5.41) is 3.74. The monoisotopic (exact) mass is 210 g/mol. The summed E-state index contributed by atoms with van der Waals surface area (Å²) in [6.07, 6.45) is 7.23. The Morgan fingerprint density at radius 1 is 1.13 bits per heavy atom. The largest absolute Gasteiger partial charge is 0.381 e. The molecule has 1 atom stereocenters. The van der Waals surface area contributed by atoms with Gasteiger partial charge in [-0.2, -0.15) is 0 Å². The van der Waals surface area contributed by atoms with Crippen LogP contribution in [-0.2, 0) is 4.74 Å². The molecule has 1 unspecified atom stereocenters. The molecule has 3 aliphatic rings. The molecule has 1 aliphatic heterocycles. The SMILES string of the molecule is COC1CC(N2CCC(NC3CC3)C2)C1. The van der Waals surface area contributed by atoms with Crippen LogP contribution in [-0.4, -0.2) is 49.3 Å². The van der Waals surface area contributed by atoms with Gasteiger partial charge in [-0.15, -0.1) is 0 Å². The molecule has 0 bridgehead atoms. The number of nitrogens with one attached hydrogen (secondary N) is 1. The molecular weight excluding hydrogens is 188 g/mol. The fraction of sp³-hybridized carbons (Fsp3) is 1.00. The van der Waals surface area contributed by atoms with Crippen molar-refractivity contribution in [1.82, 2.24) is 10.2 Å². The average molecular weight is 210 g/mol. The number of nitrogens with zero attached hydrogens (tertiary/aromatic N) is 1. The van der Waals surface area contributed by atoms with Crippen molar-refractivity contribution >= 4 is 0 Å². The van der Waals surface area contributed by atoms with Crippen LogP contribution in [0, 0.1) is 0 Å². The van der Waals surface area contributed by atoms with Gasteiger partial charge in [0.1, 0.15) is 0 Å². The van der Waals surface area contributed by atoms with Crippen molar-refractivity contribution in [2.45, 2.75) is 56.3 Å². The summed E-state index contributed by atoms with van der Waals surface area (Å²) in [5.74, 6) is 0. The summed E-state index contributed by atoms with van der Waals surface area (Å²) < 4.78 is 5.34. The number of rotatable bonds is 4. The fourth-order valence-electron chi connectivity index (χ4n) is 2.87. The number of hydrogen-bond donors (Lipinski definition) is 1. The summed E-state index contributed by atoms with van der Waals surface area (Å²) in [4.78, 5) is 2.66. The van der Waals surface area contributed by atoms with Crippen LogP contribution in [0.25, 0.3) is 0 Å². The molecule has 3 rings (SSSR count). The molecule has 0 aromatic rings. The summed E-state index contributed by atoms with van der Waals surface area (Å²) >= 11 is 0. The molecule has 0 amide bonds. The summed E-state index contributed by atoms with van der Waals surface area (Å²) in [5.41, 5.74) is 0. The van der Waals surface area contributed by atoms with E-state index in [1.807, 2.05) is 7.11 Å². The maximum atomic E-state index is 5.34. The standard InChI is InChI=1S/C12H22N2O/c1-15-12-6-11(7-12)14-5-4-10(8-14)13-9-2-3-9/h9-13H,2-8H2,1H3. The lowest BCUT2D eigenvalue weighted by Gasteiger charge is -2.40. The van der Waals surface area contributed by atoms with Crippen molar-refractivity contribution in [2.24, 2.45) is 0 Å². The molecular formula is C12H22N2O. The molecule has 2 aliphatic carbocycles. The van der Waals surface area contributed by atoms with Gasteiger partial charge in [0.05, 0.1) is 6.10 Å². The van der Waals surface area contributed by atoms with Crippen LogP contribution in [0.5, 0.6) is 0 Å². The smallest absolute Gasteiger partial charge is 0.0601 e. The minimum Gasteiger partial charge on any atom is -0.381 e. The zero-order chi connectivity index (χ0) is 10.3. The van der Waals surface area contributed by atoms with Crippen LogP contribution in [0.3, 0.4) is 0 Å². The predicted molar refractivity (Wildman–Crippen MR) is 60.0 cm³/mol. The number of likely N-dealkylation sites (tertiary alicyclic amines) is 1. The van der Waals surface area contributed by atoms with E-state index in [9.17, 15) is 0 Å². The summed E-state index contributed by atoms with van der Waals surface area (Å²) in [6.45, 7) is 2.57. The molecule has 3 nitrogen and oxygen atoms in total. The Labute approximate surface area is 92.2 Å². The quantitative estimate of drug-likeness (QED) is 0.749. The van der Waals surface area contributed by atoms with Gasteiger partial charge in [-0.3, -0.25) is 4.90 Å². The average Bonchev–Trinajstić information content (AvgIpc) is 2.84. The lowest BCUT2D eigenvalue weighted by atomic mass is 9.88. The van der Waals surface area contributed by atoms with Gasteiger partial charge in [0, 0.05) is 38.3 Å². The van der Waals surface area contributed by atoms with Gasteiger partial charge < -0.3 is 10.1 Å². The van der Waals surface area contributed by atoms with E-state index in [1.165, 1.54) is 45.2 Å². The number of hydrogen-bond acceptors (Lipinski definition) is 3. The van der Waals surface area contributed by atoms with E-state index in [0.29, 0.717) is 6.10 Å². The van der Waals surface area contributed by atoms with Gasteiger partial charge >= 0.3 is 0 Å². The van der Waals surface area contributed by atoms with Crippen molar-refractivity contribution in [2.75, 3.05) is 20.2 Å². The van der Waals surface area contributed by atoms with Crippen LogP contribution in [0.2, 0.25) is 0 Å². The minimum atomic E-state index is 0.547. The van der Waals surface area contributed by atoms with Gasteiger partial charge in [0.15, 0.2) is 0 Å². The molecule has 0 aromatic heterocycles. The first-order valence-electron chi connectivity index (χ1n) is 6.38.